The van der Waals surface area contributed by atoms with Gasteiger partial charge < -0.3 is 15.0 Å². The summed E-state index contributed by atoms with van der Waals surface area (Å²) in [6.45, 7) is 0.742. The van der Waals surface area contributed by atoms with Crippen LogP contribution in [0.25, 0.3) is 0 Å². The van der Waals surface area contributed by atoms with Crippen LogP contribution in [0.2, 0.25) is 5.02 Å². The molecule has 30 heavy (non-hydrogen) atoms. The van der Waals surface area contributed by atoms with E-state index < -0.39 is 0 Å². The smallest absolute Gasteiger partial charge is 0.287 e. The Bertz CT molecular complexity index is 1070. The van der Waals surface area contributed by atoms with Crippen LogP contribution in [-0.2, 0) is 17.9 Å². The summed E-state index contributed by atoms with van der Waals surface area (Å²) < 4.78 is 6.86. The molecule has 0 atom stereocenters. The second-order valence-corrected chi connectivity index (χ2v) is 7.28. The van der Waals surface area contributed by atoms with Crippen molar-refractivity contribution in [1.82, 2.24) is 14.7 Å². The van der Waals surface area contributed by atoms with Crippen molar-refractivity contribution in [2.45, 2.75) is 13.1 Å². The molecule has 3 rings (SSSR count). The van der Waals surface area contributed by atoms with Crippen LogP contribution in [0.1, 0.15) is 11.1 Å². The number of hydrogen-bond acceptors (Lipinski definition) is 5. The number of carbonyl (C=O) groups is 1. The summed E-state index contributed by atoms with van der Waals surface area (Å²) in [4.78, 5) is 25.7. The van der Waals surface area contributed by atoms with E-state index >= 15 is 0 Å². The van der Waals surface area contributed by atoms with Crippen LogP contribution in [0.3, 0.4) is 0 Å². The summed E-state index contributed by atoms with van der Waals surface area (Å²) >= 11 is 6.27. The summed E-state index contributed by atoms with van der Waals surface area (Å²) in [7, 11) is 3.36. The molecule has 1 aromatic heterocycles. The molecule has 0 saturated heterocycles. The summed E-state index contributed by atoms with van der Waals surface area (Å²) in [5, 5.41) is 7.44. The molecule has 0 aliphatic rings. The number of aromatic nitrogens is 2. The molecule has 1 amide bonds. The number of carbonyl (C=O) groups excluding carboxylic acids is 1. The molecule has 7 nitrogen and oxygen atoms in total. The number of nitrogens with one attached hydrogen (secondary N) is 1. The molecule has 8 heteroatoms. The second kappa shape index (κ2) is 9.93. The molecule has 1 heterocycles. The van der Waals surface area contributed by atoms with E-state index in [0.717, 1.165) is 11.1 Å². The van der Waals surface area contributed by atoms with Gasteiger partial charge in [0.15, 0.2) is 6.61 Å². The zero-order chi connectivity index (χ0) is 21.5. The fourth-order valence-electron chi connectivity index (χ4n) is 2.67. The Morgan fingerprint density at radius 3 is 2.60 bits per heavy atom. The van der Waals surface area contributed by atoms with Gasteiger partial charge in [-0.25, -0.2) is 4.68 Å². The summed E-state index contributed by atoms with van der Waals surface area (Å²) in [5.41, 5.74) is 1.98. The average molecular weight is 427 g/mol. The molecule has 3 aromatic rings. The molecule has 0 saturated carbocycles. The van der Waals surface area contributed by atoms with Gasteiger partial charge in [-0.3, -0.25) is 9.59 Å². The van der Waals surface area contributed by atoms with Crippen LogP contribution >= 0.6 is 11.6 Å². The standard InChI is InChI=1S/C22H23ClN4O3/c1-26(2)20(28)15-30-18-10-6-9-17(11-18)12-24-19-13-25-27(22(29)21(19)23)14-16-7-4-3-5-8-16/h3-11,13,24H,12,14-15H2,1-2H3. The van der Waals surface area contributed by atoms with Crippen molar-refractivity contribution in [2.24, 2.45) is 0 Å². The Kier molecular flexibility index (Phi) is 7.08. The van der Waals surface area contributed by atoms with E-state index in [4.69, 9.17) is 16.3 Å². The Hall–Kier alpha value is -3.32. The van der Waals surface area contributed by atoms with Gasteiger partial charge in [0, 0.05) is 20.6 Å². The van der Waals surface area contributed by atoms with Crippen molar-refractivity contribution >= 4 is 23.2 Å². The lowest BCUT2D eigenvalue weighted by Gasteiger charge is -2.13. The molecule has 0 radical (unpaired) electrons. The maximum atomic E-state index is 12.5. The highest BCUT2D eigenvalue weighted by molar-refractivity contribution is 6.32. The number of anilines is 1. The van der Waals surface area contributed by atoms with Crippen molar-refractivity contribution in [3.8, 4) is 5.75 Å². The topological polar surface area (TPSA) is 76.5 Å². The van der Waals surface area contributed by atoms with E-state index in [-0.39, 0.29) is 23.1 Å². The number of amides is 1. The molecule has 0 fully saturated rings. The van der Waals surface area contributed by atoms with Crippen molar-refractivity contribution in [2.75, 3.05) is 26.0 Å². The molecule has 0 aliphatic heterocycles. The van der Waals surface area contributed by atoms with Crippen molar-refractivity contribution in [1.29, 1.82) is 0 Å². The Morgan fingerprint density at radius 2 is 1.87 bits per heavy atom. The van der Waals surface area contributed by atoms with Gasteiger partial charge in [0.1, 0.15) is 10.8 Å². The van der Waals surface area contributed by atoms with Crippen LogP contribution in [0.5, 0.6) is 5.75 Å². The molecule has 0 aliphatic carbocycles. The van der Waals surface area contributed by atoms with E-state index in [1.54, 1.807) is 26.4 Å². The van der Waals surface area contributed by atoms with Crippen LogP contribution < -0.4 is 15.6 Å². The average Bonchev–Trinajstić information content (AvgIpc) is 2.75. The normalized spacial score (nSPS) is 10.5. The van der Waals surface area contributed by atoms with Gasteiger partial charge in [-0.05, 0) is 23.3 Å². The third-order valence-corrected chi connectivity index (χ3v) is 4.77. The molecule has 156 valence electrons. The first-order valence-electron chi connectivity index (χ1n) is 9.39. The first kappa shape index (κ1) is 21.4. The first-order chi connectivity index (χ1) is 14.4. The molecule has 0 unspecified atom stereocenters. The fraction of sp³-hybridized carbons (Fsp3) is 0.227. The largest absolute Gasteiger partial charge is 0.484 e. The van der Waals surface area contributed by atoms with Gasteiger partial charge >= 0.3 is 0 Å². The third kappa shape index (κ3) is 5.61. The van der Waals surface area contributed by atoms with Crippen LogP contribution in [0, 0.1) is 0 Å². The lowest BCUT2D eigenvalue weighted by molar-refractivity contribution is -0.130. The number of rotatable bonds is 8. The predicted octanol–water partition coefficient (Wildman–Crippen LogP) is 3.02. The summed E-state index contributed by atoms with van der Waals surface area (Å²) in [5.74, 6) is 0.472. The van der Waals surface area contributed by atoms with E-state index in [0.29, 0.717) is 24.5 Å². The summed E-state index contributed by atoms with van der Waals surface area (Å²) in [6, 6.07) is 16.9. The lowest BCUT2D eigenvalue weighted by atomic mass is 10.2. The quantitative estimate of drug-likeness (QED) is 0.599. The molecular weight excluding hydrogens is 404 g/mol. The highest BCUT2D eigenvalue weighted by Crippen LogP contribution is 2.19. The number of nitrogens with zero attached hydrogens (tertiary/aromatic N) is 3. The summed E-state index contributed by atoms with van der Waals surface area (Å²) in [6.07, 6.45) is 1.54. The minimum Gasteiger partial charge on any atom is -0.484 e. The zero-order valence-corrected chi connectivity index (χ0v) is 17.6. The van der Waals surface area contributed by atoms with Gasteiger partial charge in [-0.15, -0.1) is 0 Å². The number of halogens is 1. The predicted molar refractivity (Wildman–Crippen MR) is 117 cm³/mol. The van der Waals surface area contributed by atoms with Gasteiger partial charge in [0.25, 0.3) is 11.5 Å². The van der Waals surface area contributed by atoms with Crippen molar-refractivity contribution in [3.63, 3.8) is 0 Å². The van der Waals surface area contributed by atoms with Crippen molar-refractivity contribution in [3.05, 3.63) is 87.3 Å². The second-order valence-electron chi connectivity index (χ2n) is 6.90. The van der Waals surface area contributed by atoms with Crippen LogP contribution in [0.15, 0.2) is 65.6 Å². The van der Waals surface area contributed by atoms with E-state index in [2.05, 4.69) is 10.4 Å². The van der Waals surface area contributed by atoms with E-state index in [9.17, 15) is 9.59 Å². The lowest BCUT2D eigenvalue weighted by Crippen LogP contribution is -2.27. The highest BCUT2D eigenvalue weighted by atomic mass is 35.5. The van der Waals surface area contributed by atoms with Gasteiger partial charge in [-0.1, -0.05) is 54.1 Å². The molecule has 2 aromatic carbocycles. The van der Waals surface area contributed by atoms with E-state index in [1.807, 2.05) is 48.5 Å². The first-order valence-corrected chi connectivity index (χ1v) is 9.77. The van der Waals surface area contributed by atoms with Gasteiger partial charge in [0.2, 0.25) is 0 Å². The third-order valence-electron chi connectivity index (χ3n) is 4.40. The monoisotopic (exact) mass is 426 g/mol. The van der Waals surface area contributed by atoms with E-state index in [1.165, 1.54) is 9.58 Å². The maximum absolute atomic E-state index is 12.5. The Morgan fingerprint density at radius 1 is 1.13 bits per heavy atom. The Labute approximate surface area is 179 Å². The molecule has 1 N–H and O–H groups in total. The number of likely N-dealkylation sites (N-methyl/N-ethyl adjacent to an activating group) is 1. The molecular formula is C22H23ClN4O3. The highest BCUT2D eigenvalue weighted by Gasteiger charge is 2.10. The molecule has 0 bridgehead atoms. The SMILES string of the molecule is CN(C)C(=O)COc1cccc(CNc2cnn(Cc3ccccc3)c(=O)c2Cl)c1. The molecule has 0 spiro atoms. The minimum absolute atomic E-state index is 0.0285. The number of ether oxygens (including phenoxy) is 1. The maximum Gasteiger partial charge on any atom is 0.287 e. The number of benzene rings is 2. The van der Waals surface area contributed by atoms with Crippen LogP contribution in [-0.4, -0.2) is 41.3 Å². The van der Waals surface area contributed by atoms with Gasteiger partial charge in [-0.2, -0.15) is 5.10 Å². The zero-order valence-electron chi connectivity index (χ0n) is 16.8. The fourth-order valence-corrected chi connectivity index (χ4v) is 2.89. The Balaban J connectivity index is 1.64. The van der Waals surface area contributed by atoms with Crippen LogP contribution in [0.4, 0.5) is 5.69 Å². The minimum atomic E-state index is -0.357. The van der Waals surface area contributed by atoms with Gasteiger partial charge in [0.05, 0.1) is 18.4 Å². The number of hydrogen-bond donors (Lipinski definition) is 1. The van der Waals surface area contributed by atoms with Crippen molar-refractivity contribution < 1.29 is 9.53 Å².